The zero-order chi connectivity index (χ0) is 13.0. The van der Waals surface area contributed by atoms with E-state index < -0.39 is 0 Å². The maximum absolute atomic E-state index is 4.34. The largest absolute Gasteiger partial charge is 0.380 e. The molecule has 0 fully saturated rings. The summed E-state index contributed by atoms with van der Waals surface area (Å²) < 4.78 is 1.98. The highest BCUT2D eigenvalue weighted by atomic mass is 32.2. The highest BCUT2D eigenvalue weighted by Crippen LogP contribution is 2.25. The van der Waals surface area contributed by atoms with Gasteiger partial charge in [0.1, 0.15) is 0 Å². The molecule has 1 aromatic carbocycles. The summed E-state index contributed by atoms with van der Waals surface area (Å²) in [5, 5.41) is 7.80. The van der Waals surface area contributed by atoms with Crippen LogP contribution in [0.2, 0.25) is 0 Å². The number of nitrogens with zero attached hydrogens (tertiary/aromatic N) is 2. The van der Waals surface area contributed by atoms with Crippen molar-refractivity contribution in [2.24, 2.45) is 0 Å². The van der Waals surface area contributed by atoms with Crippen molar-refractivity contribution in [3.63, 3.8) is 0 Å². The number of para-hydroxylation sites is 1. The molecule has 2 aromatic rings. The quantitative estimate of drug-likeness (QED) is 0.830. The molecule has 0 amide bonds. The van der Waals surface area contributed by atoms with Crippen LogP contribution in [0.15, 0.2) is 41.6 Å². The third kappa shape index (κ3) is 3.07. The second-order valence-corrected chi connectivity index (χ2v) is 5.32. The second kappa shape index (κ2) is 5.96. The summed E-state index contributed by atoms with van der Waals surface area (Å²) in [4.78, 5) is 1.27. The molecule has 0 aliphatic rings. The topological polar surface area (TPSA) is 29.9 Å². The number of rotatable bonds is 5. The molecule has 1 heterocycles. The Morgan fingerprint density at radius 3 is 2.78 bits per heavy atom. The Hall–Kier alpha value is -1.42. The Labute approximate surface area is 113 Å². The standard InChI is InChI=1S/C14H19N3S/c1-11(2)17-10-12(9-16-17)8-15-13-6-4-5-7-14(13)18-3/h4-7,9-11,15H,8H2,1-3H3. The van der Waals surface area contributed by atoms with Crippen molar-refractivity contribution < 1.29 is 0 Å². The first-order valence-corrected chi connectivity index (χ1v) is 7.33. The van der Waals surface area contributed by atoms with E-state index in [4.69, 9.17) is 0 Å². The van der Waals surface area contributed by atoms with E-state index in [0.29, 0.717) is 6.04 Å². The van der Waals surface area contributed by atoms with E-state index >= 15 is 0 Å². The van der Waals surface area contributed by atoms with Crippen LogP contribution in [0.1, 0.15) is 25.5 Å². The van der Waals surface area contributed by atoms with Crippen molar-refractivity contribution in [2.45, 2.75) is 31.3 Å². The van der Waals surface area contributed by atoms with Gasteiger partial charge in [0.25, 0.3) is 0 Å². The van der Waals surface area contributed by atoms with Gasteiger partial charge in [-0.1, -0.05) is 12.1 Å². The SMILES string of the molecule is CSc1ccccc1NCc1cnn(C(C)C)c1. The maximum atomic E-state index is 4.34. The number of benzene rings is 1. The van der Waals surface area contributed by atoms with E-state index in [9.17, 15) is 0 Å². The molecule has 18 heavy (non-hydrogen) atoms. The summed E-state index contributed by atoms with van der Waals surface area (Å²) in [7, 11) is 0. The smallest absolute Gasteiger partial charge is 0.0539 e. The van der Waals surface area contributed by atoms with Crippen LogP contribution in [-0.2, 0) is 6.54 Å². The molecule has 96 valence electrons. The van der Waals surface area contributed by atoms with Crippen molar-refractivity contribution in [2.75, 3.05) is 11.6 Å². The maximum Gasteiger partial charge on any atom is 0.0539 e. The average Bonchev–Trinajstić information content (AvgIpc) is 2.85. The summed E-state index contributed by atoms with van der Waals surface area (Å²) in [6, 6.07) is 8.77. The van der Waals surface area contributed by atoms with E-state index in [1.807, 2.05) is 10.9 Å². The van der Waals surface area contributed by atoms with Crippen molar-refractivity contribution in [1.82, 2.24) is 9.78 Å². The Kier molecular flexibility index (Phi) is 4.31. The number of anilines is 1. The van der Waals surface area contributed by atoms with Gasteiger partial charge in [-0.2, -0.15) is 5.10 Å². The monoisotopic (exact) mass is 261 g/mol. The van der Waals surface area contributed by atoms with Gasteiger partial charge < -0.3 is 5.32 Å². The van der Waals surface area contributed by atoms with Gasteiger partial charge in [0.05, 0.1) is 6.20 Å². The lowest BCUT2D eigenvalue weighted by molar-refractivity contribution is 0.532. The van der Waals surface area contributed by atoms with Crippen molar-refractivity contribution >= 4 is 17.4 Å². The minimum Gasteiger partial charge on any atom is -0.380 e. The average molecular weight is 261 g/mol. The number of nitrogens with one attached hydrogen (secondary N) is 1. The molecule has 0 saturated carbocycles. The molecular formula is C14H19N3S. The number of thioether (sulfide) groups is 1. The Morgan fingerprint density at radius 2 is 2.11 bits per heavy atom. The molecule has 0 atom stereocenters. The van der Waals surface area contributed by atoms with Gasteiger partial charge in [-0.15, -0.1) is 11.8 Å². The third-order valence-corrected chi connectivity index (χ3v) is 3.57. The minimum atomic E-state index is 0.414. The first kappa shape index (κ1) is 13.0. The predicted octanol–water partition coefficient (Wildman–Crippen LogP) is 3.80. The van der Waals surface area contributed by atoms with E-state index in [1.165, 1.54) is 16.1 Å². The molecular weight excluding hydrogens is 242 g/mol. The molecule has 0 spiro atoms. The van der Waals surface area contributed by atoms with Crippen LogP contribution in [0.25, 0.3) is 0 Å². The molecule has 1 N–H and O–H groups in total. The lowest BCUT2D eigenvalue weighted by Crippen LogP contribution is -2.01. The van der Waals surface area contributed by atoms with Crippen molar-refractivity contribution in [3.05, 3.63) is 42.2 Å². The lowest BCUT2D eigenvalue weighted by atomic mass is 10.3. The van der Waals surface area contributed by atoms with Gasteiger partial charge in [-0.05, 0) is 32.2 Å². The Balaban J connectivity index is 2.02. The predicted molar refractivity (Wildman–Crippen MR) is 78.2 cm³/mol. The van der Waals surface area contributed by atoms with Gasteiger partial charge in [-0.25, -0.2) is 0 Å². The number of hydrogen-bond donors (Lipinski definition) is 1. The lowest BCUT2D eigenvalue weighted by Gasteiger charge is -2.09. The molecule has 0 aliphatic carbocycles. The normalized spacial score (nSPS) is 10.9. The summed E-state index contributed by atoms with van der Waals surface area (Å²) in [6.45, 7) is 5.07. The summed E-state index contributed by atoms with van der Waals surface area (Å²) in [6.07, 6.45) is 6.12. The van der Waals surface area contributed by atoms with E-state index in [2.05, 4.69) is 61.0 Å². The van der Waals surface area contributed by atoms with Gasteiger partial charge in [0.15, 0.2) is 0 Å². The number of hydrogen-bond acceptors (Lipinski definition) is 3. The van der Waals surface area contributed by atoms with Crippen LogP contribution in [0, 0.1) is 0 Å². The zero-order valence-corrected chi connectivity index (χ0v) is 11.9. The molecule has 1 aromatic heterocycles. The third-order valence-electron chi connectivity index (χ3n) is 2.77. The molecule has 0 radical (unpaired) electrons. The fraction of sp³-hybridized carbons (Fsp3) is 0.357. The van der Waals surface area contributed by atoms with Gasteiger partial charge >= 0.3 is 0 Å². The van der Waals surface area contributed by atoms with E-state index in [1.54, 1.807) is 11.8 Å². The number of aromatic nitrogens is 2. The first-order chi connectivity index (χ1) is 8.70. The van der Waals surface area contributed by atoms with Crippen molar-refractivity contribution in [3.8, 4) is 0 Å². The van der Waals surface area contributed by atoms with E-state index in [0.717, 1.165) is 6.54 Å². The molecule has 0 aliphatic heterocycles. The van der Waals surface area contributed by atoms with Crippen LogP contribution in [0.5, 0.6) is 0 Å². The Morgan fingerprint density at radius 1 is 1.33 bits per heavy atom. The first-order valence-electron chi connectivity index (χ1n) is 6.10. The fourth-order valence-electron chi connectivity index (χ4n) is 1.74. The van der Waals surface area contributed by atoms with Crippen LogP contribution >= 0.6 is 11.8 Å². The second-order valence-electron chi connectivity index (χ2n) is 4.48. The van der Waals surface area contributed by atoms with Crippen molar-refractivity contribution in [1.29, 1.82) is 0 Å². The molecule has 3 nitrogen and oxygen atoms in total. The molecule has 0 bridgehead atoms. The fourth-order valence-corrected chi connectivity index (χ4v) is 2.31. The Bertz CT molecular complexity index is 505. The van der Waals surface area contributed by atoms with Gasteiger partial charge in [0, 0.05) is 34.9 Å². The molecule has 2 rings (SSSR count). The summed E-state index contributed by atoms with van der Waals surface area (Å²) in [5.41, 5.74) is 2.39. The molecule has 0 saturated heterocycles. The minimum absolute atomic E-state index is 0.414. The van der Waals surface area contributed by atoms with Crippen LogP contribution < -0.4 is 5.32 Å². The van der Waals surface area contributed by atoms with E-state index in [-0.39, 0.29) is 0 Å². The summed E-state index contributed by atoms with van der Waals surface area (Å²) >= 11 is 1.76. The van der Waals surface area contributed by atoms with Gasteiger partial charge in [0.2, 0.25) is 0 Å². The van der Waals surface area contributed by atoms with Gasteiger partial charge in [-0.3, -0.25) is 4.68 Å². The van der Waals surface area contributed by atoms with Crippen LogP contribution in [0.3, 0.4) is 0 Å². The summed E-state index contributed by atoms with van der Waals surface area (Å²) in [5.74, 6) is 0. The highest BCUT2D eigenvalue weighted by molar-refractivity contribution is 7.98. The molecule has 4 heteroatoms. The van der Waals surface area contributed by atoms with Crippen LogP contribution in [0.4, 0.5) is 5.69 Å². The zero-order valence-electron chi connectivity index (χ0n) is 11.1. The van der Waals surface area contributed by atoms with Crippen LogP contribution in [-0.4, -0.2) is 16.0 Å². The molecule has 0 unspecified atom stereocenters. The highest BCUT2D eigenvalue weighted by Gasteiger charge is 2.03.